The standard InChI is InChI=1S/C51H34N4S/c1-4-13-33(14-5-1)37-26-30-45-44(31-37)41-29-25-38(40-20-12-21-43-42-19-10-11-22-47(42)56-48(40)43)32-46(41)55(45)39-27-23-36(24-28-39)51-53-49(34-15-6-2-7-16-34)52-50(54-51)35-17-8-3-9-18-35/h1-32,49H,(H,52,53,54). The molecule has 11 rings (SSSR count). The van der Waals surface area contributed by atoms with Gasteiger partial charge in [0, 0.05) is 47.8 Å². The van der Waals surface area contributed by atoms with Crippen LogP contribution in [0.25, 0.3) is 69.9 Å². The summed E-state index contributed by atoms with van der Waals surface area (Å²) < 4.78 is 5.04. The van der Waals surface area contributed by atoms with Gasteiger partial charge in [-0.05, 0) is 76.3 Å². The predicted molar refractivity (Wildman–Crippen MR) is 236 cm³/mol. The van der Waals surface area contributed by atoms with E-state index in [1.54, 1.807) is 0 Å². The Bertz CT molecular complexity index is 3140. The lowest BCUT2D eigenvalue weighted by atomic mass is 10.00. The second kappa shape index (κ2) is 13.3. The van der Waals surface area contributed by atoms with Crippen molar-refractivity contribution >= 4 is 65.0 Å². The largest absolute Gasteiger partial charge is 0.344 e. The zero-order valence-electron chi connectivity index (χ0n) is 30.3. The number of hydrogen-bond acceptors (Lipinski definition) is 4. The van der Waals surface area contributed by atoms with E-state index < -0.39 is 0 Å². The summed E-state index contributed by atoms with van der Waals surface area (Å²) in [6, 6.07) is 69.3. The molecule has 0 saturated heterocycles. The van der Waals surface area contributed by atoms with Crippen molar-refractivity contribution in [2.75, 3.05) is 0 Å². The average molecular weight is 735 g/mol. The second-order valence-corrected chi connectivity index (χ2v) is 15.3. The van der Waals surface area contributed by atoms with Crippen molar-refractivity contribution in [1.82, 2.24) is 9.88 Å². The van der Waals surface area contributed by atoms with Crippen molar-refractivity contribution in [3.63, 3.8) is 0 Å². The third kappa shape index (κ3) is 5.52. The van der Waals surface area contributed by atoms with Gasteiger partial charge in [0.2, 0.25) is 0 Å². The molecule has 1 aliphatic rings. The number of benzene rings is 8. The molecule has 5 heteroatoms. The van der Waals surface area contributed by atoms with Gasteiger partial charge in [0.25, 0.3) is 0 Å². The van der Waals surface area contributed by atoms with E-state index in [9.17, 15) is 0 Å². The molecule has 10 aromatic rings. The Labute approximate surface area is 328 Å². The van der Waals surface area contributed by atoms with E-state index in [0.29, 0.717) is 5.84 Å². The van der Waals surface area contributed by atoms with Crippen LogP contribution in [0.4, 0.5) is 0 Å². The lowest BCUT2D eigenvalue weighted by Crippen LogP contribution is -2.33. The fourth-order valence-corrected chi connectivity index (χ4v) is 9.38. The Balaban J connectivity index is 1.07. The van der Waals surface area contributed by atoms with Gasteiger partial charge in [-0.1, -0.05) is 146 Å². The van der Waals surface area contributed by atoms with Gasteiger partial charge in [-0.25, -0.2) is 9.98 Å². The maximum atomic E-state index is 5.13. The minimum absolute atomic E-state index is 0.251. The van der Waals surface area contributed by atoms with Crippen LogP contribution in [0.1, 0.15) is 22.9 Å². The first-order valence-electron chi connectivity index (χ1n) is 18.9. The SMILES string of the molecule is c1ccc(C2=NC(c3ccc(-n4c5ccc(-c6ccccc6)cc5c5ccc(-c6cccc7c6sc6ccccc67)cc54)cc3)=NC(c3ccccc3)N2)cc1. The summed E-state index contributed by atoms with van der Waals surface area (Å²) in [5, 5.41) is 8.64. The van der Waals surface area contributed by atoms with Crippen molar-refractivity contribution in [2.45, 2.75) is 6.17 Å². The number of thiophene rings is 1. The smallest absolute Gasteiger partial charge is 0.159 e. The molecule has 0 amide bonds. The Hall–Kier alpha value is -7.08. The molecule has 1 aliphatic heterocycles. The fourth-order valence-electron chi connectivity index (χ4n) is 8.14. The van der Waals surface area contributed by atoms with Crippen LogP contribution < -0.4 is 5.32 Å². The topological polar surface area (TPSA) is 41.7 Å². The molecule has 4 nitrogen and oxygen atoms in total. The lowest BCUT2D eigenvalue weighted by molar-refractivity contribution is 0.674. The van der Waals surface area contributed by atoms with Crippen LogP contribution in [0.2, 0.25) is 0 Å². The first-order valence-corrected chi connectivity index (χ1v) is 19.8. The van der Waals surface area contributed by atoms with Crippen LogP contribution in [0.3, 0.4) is 0 Å². The van der Waals surface area contributed by atoms with Crippen molar-refractivity contribution in [2.24, 2.45) is 9.98 Å². The maximum Gasteiger partial charge on any atom is 0.159 e. The van der Waals surface area contributed by atoms with E-state index in [4.69, 9.17) is 9.98 Å². The summed E-state index contributed by atoms with van der Waals surface area (Å²) >= 11 is 1.87. The van der Waals surface area contributed by atoms with Gasteiger partial charge in [-0.3, -0.25) is 0 Å². The molecule has 0 bridgehead atoms. The van der Waals surface area contributed by atoms with Gasteiger partial charge < -0.3 is 9.88 Å². The summed E-state index contributed by atoms with van der Waals surface area (Å²) in [6.45, 7) is 0. The quantitative estimate of drug-likeness (QED) is 0.182. The van der Waals surface area contributed by atoms with Crippen molar-refractivity contribution < 1.29 is 0 Å². The van der Waals surface area contributed by atoms with E-state index in [-0.39, 0.29) is 6.17 Å². The third-order valence-electron chi connectivity index (χ3n) is 10.9. The molecule has 2 aromatic heterocycles. The van der Waals surface area contributed by atoms with Crippen LogP contribution >= 0.6 is 11.3 Å². The van der Waals surface area contributed by atoms with Crippen LogP contribution in [0.15, 0.2) is 204 Å². The Morgan fingerprint density at radius 1 is 0.464 bits per heavy atom. The molecule has 1 unspecified atom stereocenters. The Morgan fingerprint density at radius 2 is 1.14 bits per heavy atom. The van der Waals surface area contributed by atoms with Gasteiger partial charge in [-0.2, -0.15) is 0 Å². The average Bonchev–Trinajstić information content (AvgIpc) is 3.82. The number of nitrogens with one attached hydrogen (secondary N) is 1. The number of aromatic nitrogens is 1. The number of rotatable bonds is 6. The molecule has 56 heavy (non-hydrogen) atoms. The minimum Gasteiger partial charge on any atom is -0.344 e. The predicted octanol–water partition coefficient (Wildman–Crippen LogP) is 13.0. The minimum atomic E-state index is -0.251. The zero-order valence-corrected chi connectivity index (χ0v) is 31.1. The van der Waals surface area contributed by atoms with E-state index in [2.05, 4.69) is 180 Å². The molecule has 264 valence electrons. The van der Waals surface area contributed by atoms with Crippen LogP contribution in [-0.4, -0.2) is 16.2 Å². The molecular weight excluding hydrogens is 701 g/mol. The molecule has 0 aliphatic carbocycles. The summed E-state index contributed by atoms with van der Waals surface area (Å²) in [4.78, 5) is 10.2. The number of aliphatic imine (C=N–C) groups is 2. The zero-order chi connectivity index (χ0) is 37.0. The van der Waals surface area contributed by atoms with Gasteiger partial charge in [0.05, 0.1) is 11.0 Å². The number of fused-ring (bicyclic) bond motifs is 6. The Morgan fingerprint density at radius 3 is 1.95 bits per heavy atom. The van der Waals surface area contributed by atoms with Gasteiger partial charge in [-0.15, -0.1) is 11.3 Å². The highest BCUT2D eigenvalue weighted by Crippen LogP contribution is 2.42. The molecule has 0 fully saturated rings. The summed E-state index contributed by atoms with van der Waals surface area (Å²) in [5.41, 5.74) is 11.4. The maximum absolute atomic E-state index is 5.13. The molecule has 0 radical (unpaired) electrons. The molecule has 8 aromatic carbocycles. The molecule has 0 saturated carbocycles. The highest BCUT2D eigenvalue weighted by molar-refractivity contribution is 7.26. The van der Waals surface area contributed by atoms with E-state index >= 15 is 0 Å². The van der Waals surface area contributed by atoms with Crippen LogP contribution in [0.5, 0.6) is 0 Å². The highest BCUT2D eigenvalue weighted by atomic mass is 32.1. The van der Waals surface area contributed by atoms with Gasteiger partial charge in [0.15, 0.2) is 5.84 Å². The van der Waals surface area contributed by atoms with E-state index in [1.165, 1.54) is 58.7 Å². The molecule has 3 heterocycles. The van der Waals surface area contributed by atoms with Crippen molar-refractivity contribution in [3.05, 3.63) is 211 Å². The normalized spacial score (nSPS) is 14.2. The van der Waals surface area contributed by atoms with Gasteiger partial charge >= 0.3 is 0 Å². The van der Waals surface area contributed by atoms with Crippen molar-refractivity contribution in [1.29, 1.82) is 0 Å². The number of nitrogens with zero attached hydrogens (tertiary/aromatic N) is 3. The van der Waals surface area contributed by atoms with Gasteiger partial charge in [0.1, 0.15) is 12.0 Å². The third-order valence-corrected chi connectivity index (χ3v) is 12.1. The summed E-state index contributed by atoms with van der Waals surface area (Å²) in [7, 11) is 0. The highest BCUT2D eigenvalue weighted by Gasteiger charge is 2.22. The first kappa shape index (κ1) is 32.4. The lowest BCUT2D eigenvalue weighted by Gasteiger charge is -2.23. The molecule has 1 N–H and O–H groups in total. The Kier molecular flexibility index (Phi) is 7.71. The molecule has 1 atom stereocenters. The number of hydrogen-bond donors (Lipinski definition) is 1. The monoisotopic (exact) mass is 734 g/mol. The fraction of sp³-hybridized carbons (Fsp3) is 0.0196. The summed E-state index contributed by atoms with van der Waals surface area (Å²) in [5.74, 6) is 1.52. The van der Waals surface area contributed by atoms with Crippen molar-refractivity contribution in [3.8, 4) is 27.9 Å². The van der Waals surface area contributed by atoms with E-state index in [1.807, 2.05) is 35.6 Å². The van der Waals surface area contributed by atoms with E-state index in [0.717, 1.165) is 33.7 Å². The molecule has 0 spiro atoms. The van der Waals surface area contributed by atoms with Crippen LogP contribution in [-0.2, 0) is 0 Å². The number of amidine groups is 2. The second-order valence-electron chi connectivity index (χ2n) is 14.2. The first-order chi connectivity index (χ1) is 27.7. The van der Waals surface area contributed by atoms with Crippen LogP contribution in [0, 0.1) is 0 Å². The molecular formula is C51H34N4S. The summed E-state index contributed by atoms with van der Waals surface area (Å²) in [6.07, 6.45) is -0.251.